The monoisotopic (exact) mass is 328 g/mol. The Balaban J connectivity index is 1.51. The van der Waals surface area contributed by atoms with Gasteiger partial charge >= 0.3 is 0 Å². The lowest BCUT2D eigenvalue weighted by molar-refractivity contribution is -0.132. The molecule has 1 aliphatic rings. The van der Waals surface area contributed by atoms with Gasteiger partial charge in [0.1, 0.15) is 11.5 Å². The molecule has 2 aromatic rings. The highest BCUT2D eigenvalue weighted by Gasteiger charge is 2.21. The van der Waals surface area contributed by atoms with Crippen molar-refractivity contribution in [2.75, 3.05) is 25.1 Å². The molecule has 0 spiro atoms. The van der Waals surface area contributed by atoms with Crippen LogP contribution in [-0.2, 0) is 16.1 Å². The zero-order valence-corrected chi connectivity index (χ0v) is 13.6. The first-order valence-electron chi connectivity index (χ1n) is 7.93. The summed E-state index contributed by atoms with van der Waals surface area (Å²) in [7, 11) is 1.70. The molecule has 1 saturated heterocycles. The van der Waals surface area contributed by atoms with Gasteiger partial charge < -0.3 is 19.0 Å². The predicted molar refractivity (Wildman–Crippen MR) is 88.7 cm³/mol. The highest BCUT2D eigenvalue weighted by Crippen LogP contribution is 2.23. The molecule has 0 bridgehead atoms. The number of nitrogens with zero attached hydrogens (tertiary/aromatic N) is 2. The van der Waals surface area contributed by atoms with Crippen molar-refractivity contribution >= 4 is 17.5 Å². The predicted octanol–water partition coefficient (Wildman–Crippen LogP) is 2.44. The van der Waals surface area contributed by atoms with Crippen molar-refractivity contribution < 1.29 is 18.7 Å². The van der Waals surface area contributed by atoms with Gasteiger partial charge in [-0.1, -0.05) is 0 Å². The van der Waals surface area contributed by atoms with E-state index in [4.69, 9.17) is 9.15 Å². The van der Waals surface area contributed by atoms with Gasteiger partial charge in [-0.15, -0.1) is 0 Å². The summed E-state index contributed by atoms with van der Waals surface area (Å²) < 4.78 is 10.7. The van der Waals surface area contributed by atoms with Crippen molar-refractivity contribution in [3.63, 3.8) is 0 Å². The third-order valence-electron chi connectivity index (χ3n) is 3.98. The smallest absolute Gasteiger partial charge is 0.260 e. The summed E-state index contributed by atoms with van der Waals surface area (Å²) in [6.45, 7) is 1.12. The van der Waals surface area contributed by atoms with Crippen LogP contribution < -0.4 is 9.64 Å². The van der Waals surface area contributed by atoms with Crippen LogP contribution in [0.1, 0.15) is 18.6 Å². The van der Waals surface area contributed by atoms with Gasteiger partial charge in [-0.3, -0.25) is 9.59 Å². The molecule has 24 heavy (non-hydrogen) atoms. The number of furan rings is 1. The Morgan fingerprint density at radius 2 is 2.08 bits per heavy atom. The third-order valence-corrected chi connectivity index (χ3v) is 3.98. The van der Waals surface area contributed by atoms with E-state index in [0.717, 1.165) is 24.4 Å². The Bertz CT molecular complexity index is 694. The van der Waals surface area contributed by atoms with E-state index >= 15 is 0 Å². The molecule has 6 nitrogen and oxygen atoms in total. The summed E-state index contributed by atoms with van der Waals surface area (Å²) in [5, 5.41) is 0. The van der Waals surface area contributed by atoms with Gasteiger partial charge in [0.15, 0.2) is 6.61 Å². The van der Waals surface area contributed by atoms with Crippen LogP contribution in [0.15, 0.2) is 47.1 Å². The molecule has 0 N–H and O–H groups in total. The summed E-state index contributed by atoms with van der Waals surface area (Å²) in [5.41, 5.74) is 0.867. The second-order valence-corrected chi connectivity index (χ2v) is 5.76. The molecule has 126 valence electrons. The molecule has 2 amide bonds. The van der Waals surface area contributed by atoms with E-state index in [9.17, 15) is 9.59 Å². The van der Waals surface area contributed by atoms with Gasteiger partial charge in [0, 0.05) is 25.7 Å². The maximum absolute atomic E-state index is 12.1. The summed E-state index contributed by atoms with van der Waals surface area (Å²) in [6.07, 6.45) is 3.08. The summed E-state index contributed by atoms with van der Waals surface area (Å²) in [6, 6.07) is 10.9. The maximum atomic E-state index is 12.1. The standard InChI is InChI=1S/C18H20N2O4/c1-19(12-16-4-3-11-23-16)18(22)13-24-15-8-6-14(7-9-15)20-10-2-5-17(20)21/h3-4,6-9,11H,2,5,10,12-13H2,1H3. The van der Waals surface area contributed by atoms with E-state index in [0.29, 0.717) is 18.7 Å². The van der Waals surface area contributed by atoms with Gasteiger partial charge in [0.25, 0.3) is 5.91 Å². The number of carbonyl (C=O) groups excluding carboxylic acids is 2. The van der Waals surface area contributed by atoms with Crippen LogP contribution in [0.4, 0.5) is 5.69 Å². The third kappa shape index (κ3) is 3.76. The summed E-state index contributed by atoms with van der Waals surface area (Å²) >= 11 is 0. The Hall–Kier alpha value is -2.76. The number of anilines is 1. The van der Waals surface area contributed by atoms with Crippen LogP contribution >= 0.6 is 0 Å². The Morgan fingerprint density at radius 3 is 2.71 bits per heavy atom. The van der Waals surface area contributed by atoms with E-state index in [1.165, 1.54) is 0 Å². The van der Waals surface area contributed by atoms with Crippen molar-refractivity contribution in [2.24, 2.45) is 0 Å². The topological polar surface area (TPSA) is 63.0 Å². The number of carbonyl (C=O) groups is 2. The summed E-state index contributed by atoms with van der Waals surface area (Å²) in [4.78, 5) is 27.1. The molecular formula is C18H20N2O4. The average Bonchev–Trinajstić information content (AvgIpc) is 3.24. The van der Waals surface area contributed by atoms with Crippen LogP contribution in [0.3, 0.4) is 0 Å². The molecule has 0 aliphatic carbocycles. The fourth-order valence-corrected chi connectivity index (χ4v) is 2.62. The fourth-order valence-electron chi connectivity index (χ4n) is 2.62. The zero-order valence-electron chi connectivity index (χ0n) is 13.6. The Labute approximate surface area is 140 Å². The molecule has 3 rings (SSSR count). The molecular weight excluding hydrogens is 308 g/mol. The van der Waals surface area contributed by atoms with Crippen LogP contribution in [0, 0.1) is 0 Å². The highest BCUT2D eigenvalue weighted by atomic mass is 16.5. The van der Waals surface area contributed by atoms with Gasteiger partial charge in [0.2, 0.25) is 5.91 Å². The molecule has 1 fully saturated rings. The number of likely N-dealkylation sites (N-methyl/N-ethyl adjacent to an activating group) is 1. The molecule has 0 unspecified atom stereocenters. The first-order valence-corrected chi connectivity index (χ1v) is 7.93. The van der Waals surface area contributed by atoms with E-state index in [-0.39, 0.29) is 18.4 Å². The van der Waals surface area contributed by atoms with Crippen molar-refractivity contribution in [1.29, 1.82) is 0 Å². The average molecular weight is 328 g/mol. The van der Waals surface area contributed by atoms with E-state index < -0.39 is 0 Å². The van der Waals surface area contributed by atoms with Crippen LogP contribution in [-0.4, -0.2) is 36.9 Å². The first-order chi connectivity index (χ1) is 11.6. The lowest BCUT2D eigenvalue weighted by atomic mass is 10.3. The molecule has 0 saturated carbocycles. The number of hydrogen-bond donors (Lipinski definition) is 0. The fraction of sp³-hybridized carbons (Fsp3) is 0.333. The maximum Gasteiger partial charge on any atom is 0.260 e. The van der Waals surface area contributed by atoms with Gasteiger partial charge in [-0.25, -0.2) is 0 Å². The molecule has 0 radical (unpaired) electrons. The minimum absolute atomic E-state index is 0.0425. The van der Waals surface area contributed by atoms with Crippen molar-refractivity contribution in [2.45, 2.75) is 19.4 Å². The van der Waals surface area contributed by atoms with Crippen LogP contribution in [0.2, 0.25) is 0 Å². The second-order valence-electron chi connectivity index (χ2n) is 5.76. The highest BCUT2D eigenvalue weighted by molar-refractivity contribution is 5.95. The SMILES string of the molecule is CN(Cc1ccco1)C(=O)COc1ccc(N2CCCC2=O)cc1. The van der Waals surface area contributed by atoms with Gasteiger partial charge in [-0.05, 0) is 42.8 Å². The minimum atomic E-state index is -0.134. The molecule has 2 heterocycles. The van der Waals surface area contributed by atoms with Crippen LogP contribution in [0.5, 0.6) is 5.75 Å². The molecule has 1 aromatic carbocycles. The molecule has 1 aliphatic heterocycles. The summed E-state index contributed by atoms with van der Waals surface area (Å²) in [5.74, 6) is 1.35. The number of benzene rings is 1. The number of ether oxygens (including phenoxy) is 1. The molecule has 1 aromatic heterocycles. The van der Waals surface area contributed by atoms with Gasteiger partial charge in [-0.2, -0.15) is 0 Å². The largest absolute Gasteiger partial charge is 0.484 e. The van der Waals surface area contributed by atoms with Crippen molar-refractivity contribution in [3.8, 4) is 5.75 Å². The van der Waals surface area contributed by atoms with Crippen LogP contribution in [0.25, 0.3) is 0 Å². The van der Waals surface area contributed by atoms with Crippen molar-refractivity contribution in [3.05, 3.63) is 48.4 Å². The van der Waals surface area contributed by atoms with Gasteiger partial charge in [0.05, 0.1) is 12.8 Å². The van der Waals surface area contributed by atoms with E-state index in [1.807, 2.05) is 18.2 Å². The zero-order chi connectivity index (χ0) is 16.9. The quantitative estimate of drug-likeness (QED) is 0.817. The van der Waals surface area contributed by atoms with E-state index in [2.05, 4.69) is 0 Å². The lowest BCUT2D eigenvalue weighted by Crippen LogP contribution is -2.30. The second kappa shape index (κ2) is 7.21. The Kier molecular flexibility index (Phi) is 4.84. The Morgan fingerprint density at radius 1 is 1.29 bits per heavy atom. The minimum Gasteiger partial charge on any atom is -0.484 e. The van der Waals surface area contributed by atoms with Crippen molar-refractivity contribution in [1.82, 2.24) is 4.90 Å². The number of amides is 2. The normalized spacial score (nSPS) is 14.0. The molecule has 0 atom stereocenters. The number of hydrogen-bond acceptors (Lipinski definition) is 4. The number of rotatable bonds is 6. The first kappa shape index (κ1) is 16.1. The lowest BCUT2D eigenvalue weighted by Gasteiger charge is -2.17. The van der Waals surface area contributed by atoms with E-state index in [1.54, 1.807) is 41.3 Å². The molecule has 6 heteroatoms.